The molecule has 2 N–H and O–H groups in total. The summed E-state index contributed by atoms with van der Waals surface area (Å²) in [6, 6.07) is 2.08. The lowest BCUT2D eigenvalue weighted by Gasteiger charge is -2.20. The van der Waals surface area contributed by atoms with Crippen LogP contribution in [-0.4, -0.2) is 48.0 Å². The van der Waals surface area contributed by atoms with Crippen LogP contribution in [0.3, 0.4) is 0 Å². The summed E-state index contributed by atoms with van der Waals surface area (Å²) in [6.45, 7) is 7.38. The zero-order valence-electron chi connectivity index (χ0n) is 14.5. The molecule has 1 atom stereocenters. The van der Waals surface area contributed by atoms with Gasteiger partial charge in [0.1, 0.15) is 11.9 Å². The maximum atomic E-state index is 11.6. The molecule has 0 spiro atoms. The molecule has 0 saturated carbocycles. The van der Waals surface area contributed by atoms with Gasteiger partial charge in [-0.3, -0.25) is 0 Å². The van der Waals surface area contributed by atoms with E-state index in [9.17, 15) is 4.79 Å². The molecule has 7 heteroatoms. The van der Waals surface area contributed by atoms with Crippen LogP contribution in [0.15, 0.2) is 18.6 Å². The maximum absolute atomic E-state index is 11.6. The normalized spacial score (nSPS) is 12.7. The van der Waals surface area contributed by atoms with Crippen LogP contribution in [0, 0.1) is 0 Å². The molecule has 0 saturated heterocycles. The lowest BCUT2D eigenvalue weighted by atomic mass is 10.1. The molecule has 1 aromatic heterocycles. The first-order valence-electron chi connectivity index (χ1n) is 7.85. The SMILES string of the molecule is COCC(CCCNC(=O)OC(C)(C)C)NCc1ccncn1. The summed E-state index contributed by atoms with van der Waals surface area (Å²) in [5.41, 5.74) is 0.467. The van der Waals surface area contributed by atoms with Crippen LogP contribution in [0.1, 0.15) is 39.3 Å². The van der Waals surface area contributed by atoms with Gasteiger partial charge in [0.2, 0.25) is 0 Å². The van der Waals surface area contributed by atoms with Crippen molar-refractivity contribution < 1.29 is 14.3 Å². The number of amides is 1. The number of rotatable bonds is 9. The summed E-state index contributed by atoms with van der Waals surface area (Å²) in [4.78, 5) is 19.6. The highest BCUT2D eigenvalue weighted by Gasteiger charge is 2.15. The highest BCUT2D eigenvalue weighted by Crippen LogP contribution is 2.06. The van der Waals surface area contributed by atoms with Crippen molar-refractivity contribution in [3.8, 4) is 0 Å². The number of aromatic nitrogens is 2. The number of carbonyl (C=O) groups is 1. The van der Waals surface area contributed by atoms with Gasteiger partial charge in [-0.15, -0.1) is 0 Å². The van der Waals surface area contributed by atoms with Gasteiger partial charge in [0.15, 0.2) is 0 Å². The van der Waals surface area contributed by atoms with Crippen molar-refractivity contribution in [3.05, 3.63) is 24.3 Å². The van der Waals surface area contributed by atoms with E-state index in [1.54, 1.807) is 13.3 Å². The maximum Gasteiger partial charge on any atom is 0.407 e. The van der Waals surface area contributed by atoms with E-state index in [1.807, 2.05) is 26.8 Å². The van der Waals surface area contributed by atoms with Crippen molar-refractivity contribution in [2.75, 3.05) is 20.3 Å². The van der Waals surface area contributed by atoms with Gasteiger partial charge in [-0.2, -0.15) is 0 Å². The Morgan fingerprint density at radius 2 is 2.17 bits per heavy atom. The molecule has 7 nitrogen and oxygen atoms in total. The van der Waals surface area contributed by atoms with Crippen LogP contribution in [0.25, 0.3) is 0 Å². The smallest absolute Gasteiger partial charge is 0.407 e. The van der Waals surface area contributed by atoms with Gasteiger partial charge in [0.05, 0.1) is 12.3 Å². The van der Waals surface area contributed by atoms with Crippen LogP contribution < -0.4 is 10.6 Å². The first kappa shape index (κ1) is 19.3. The summed E-state index contributed by atoms with van der Waals surface area (Å²) >= 11 is 0. The average Bonchev–Trinajstić information content (AvgIpc) is 2.48. The molecular weight excluding hydrogens is 296 g/mol. The van der Waals surface area contributed by atoms with Gasteiger partial charge in [-0.05, 0) is 39.7 Å². The Bertz CT molecular complexity index is 448. The van der Waals surface area contributed by atoms with E-state index in [0.717, 1.165) is 18.5 Å². The van der Waals surface area contributed by atoms with E-state index in [1.165, 1.54) is 6.33 Å². The number of methoxy groups -OCH3 is 1. The van der Waals surface area contributed by atoms with E-state index >= 15 is 0 Å². The number of ether oxygens (including phenoxy) is 2. The zero-order chi connectivity index (χ0) is 17.1. The number of hydrogen-bond acceptors (Lipinski definition) is 6. The molecule has 1 aromatic rings. The van der Waals surface area contributed by atoms with Crippen molar-refractivity contribution in [2.24, 2.45) is 0 Å². The van der Waals surface area contributed by atoms with Crippen LogP contribution in [-0.2, 0) is 16.0 Å². The Labute approximate surface area is 138 Å². The lowest BCUT2D eigenvalue weighted by molar-refractivity contribution is 0.0526. The third-order valence-electron chi connectivity index (χ3n) is 2.98. The standard InChI is InChI=1S/C16H28N4O3/c1-16(2,3)23-15(21)18-8-5-6-14(11-22-4)19-10-13-7-9-17-12-20-13/h7,9,12,14,19H,5-6,8,10-11H2,1-4H3,(H,18,21). The summed E-state index contributed by atoms with van der Waals surface area (Å²) in [6.07, 6.45) is 4.60. The molecular formula is C16H28N4O3. The third-order valence-corrected chi connectivity index (χ3v) is 2.98. The fourth-order valence-corrected chi connectivity index (χ4v) is 1.97. The second kappa shape index (κ2) is 10.1. The molecule has 1 unspecified atom stereocenters. The Kier molecular flexibility index (Phi) is 8.50. The van der Waals surface area contributed by atoms with Gasteiger partial charge in [-0.25, -0.2) is 14.8 Å². The predicted octanol–water partition coefficient (Wildman–Crippen LogP) is 1.89. The zero-order valence-corrected chi connectivity index (χ0v) is 14.5. The fraction of sp³-hybridized carbons (Fsp3) is 0.688. The molecule has 0 aliphatic heterocycles. The number of nitrogens with one attached hydrogen (secondary N) is 2. The van der Waals surface area contributed by atoms with E-state index in [4.69, 9.17) is 9.47 Å². The molecule has 1 rings (SSSR count). The van der Waals surface area contributed by atoms with E-state index in [0.29, 0.717) is 19.7 Å². The van der Waals surface area contributed by atoms with E-state index in [-0.39, 0.29) is 12.1 Å². The van der Waals surface area contributed by atoms with Gasteiger partial charge < -0.3 is 20.1 Å². The monoisotopic (exact) mass is 324 g/mol. The second-order valence-corrected chi connectivity index (χ2v) is 6.30. The molecule has 0 aliphatic carbocycles. The highest BCUT2D eigenvalue weighted by atomic mass is 16.6. The molecule has 0 fully saturated rings. The summed E-state index contributed by atoms with van der Waals surface area (Å²) in [5.74, 6) is 0. The number of carbonyl (C=O) groups excluding carboxylic acids is 1. The van der Waals surface area contributed by atoms with Crippen molar-refractivity contribution in [1.82, 2.24) is 20.6 Å². The van der Waals surface area contributed by atoms with Crippen molar-refractivity contribution in [1.29, 1.82) is 0 Å². The number of alkyl carbamates (subject to hydrolysis) is 1. The van der Waals surface area contributed by atoms with Crippen LogP contribution in [0.2, 0.25) is 0 Å². The first-order chi connectivity index (χ1) is 10.9. The summed E-state index contributed by atoms with van der Waals surface area (Å²) in [7, 11) is 1.68. The Morgan fingerprint density at radius 3 is 2.78 bits per heavy atom. The van der Waals surface area contributed by atoms with Gasteiger partial charge in [0.25, 0.3) is 0 Å². The topological polar surface area (TPSA) is 85.4 Å². The van der Waals surface area contributed by atoms with Crippen LogP contribution in [0.5, 0.6) is 0 Å². The van der Waals surface area contributed by atoms with Gasteiger partial charge in [-0.1, -0.05) is 0 Å². The minimum Gasteiger partial charge on any atom is -0.444 e. The Balaban J connectivity index is 2.24. The molecule has 0 aliphatic rings. The molecule has 1 amide bonds. The molecule has 23 heavy (non-hydrogen) atoms. The van der Waals surface area contributed by atoms with Gasteiger partial charge >= 0.3 is 6.09 Å². The molecule has 0 aromatic carbocycles. The number of hydrogen-bond donors (Lipinski definition) is 2. The molecule has 0 radical (unpaired) electrons. The van der Waals surface area contributed by atoms with Crippen LogP contribution >= 0.6 is 0 Å². The van der Waals surface area contributed by atoms with E-state index < -0.39 is 5.60 Å². The van der Waals surface area contributed by atoms with Crippen molar-refractivity contribution >= 4 is 6.09 Å². The lowest BCUT2D eigenvalue weighted by Crippen LogP contribution is -2.35. The van der Waals surface area contributed by atoms with Crippen molar-refractivity contribution in [3.63, 3.8) is 0 Å². The van der Waals surface area contributed by atoms with E-state index in [2.05, 4.69) is 20.6 Å². The predicted molar refractivity (Wildman–Crippen MR) is 88.0 cm³/mol. The first-order valence-corrected chi connectivity index (χ1v) is 7.85. The second-order valence-electron chi connectivity index (χ2n) is 6.30. The molecule has 0 bridgehead atoms. The largest absolute Gasteiger partial charge is 0.444 e. The van der Waals surface area contributed by atoms with Crippen LogP contribution in [0.4, 0.5) is 4.79 Å². The third kappa shape index (κ3) is 9.80. The minimum absolute atomic E-state index is 0.204. The summed E-state index contributed by atoms with van der Waals surface area (Å²) in [5, 5.41) is 6.16. The number of nitrogens with zero attached hydrogens (tertiary/aromatic N) is 2. The quantitative estimate of drug-likeness (QED) is 0.675. The highest BCUT2D eigenvalue weighted by molar-refractivity contribution is 5.67. The molecule has 130 valence electrons. The fourth-order valence-electron chi connectivity index (χ4n) is 1.97. The van der Waals surface area contributed by atoms with Crippen molar-refractivity contribution in [2.45, 2.75) is 51.8 Å². The minimum atomic E-state index is -0.470. The Hall–Kier alpha value is -1.73. The Morgan fingerprint density at radius 1 is 1.39 bits per heavy atom. The summed E-state index contributed by atoms with van der Waals surface area (Å²) < 4.78 is 10.4. The average molecular weight is 324 g/mol. The molecule has 1 heterocycles. The van der Waals surface area contributed by atoms with Gasteiger partial charge in [0, 0.05) is 32.4 Å².